The van der Waals surface area contributed by atoms with E-state index in [1.807, 2.05) is 0 Å². The fraction of sp³-hybridized carbons (Fsp3) is 0.357. The van der Waals surface area contributed by atoms with Crippen LogP contribution in [0.1, 0.15) is 28.8 Å². The smallest absolute Gasteiger partial charge is 0.335 e. The summed E-state index contributed by atoms with van der Waals surface area (Å²) in [6, 6.07) is 5.58. The molecule has 7 nitrogen and oxygen atoms in total. The number of nitrogens with two attached hydrogens (primary N) is 1. The molecule has 1 aromatic carbocycles. The topological polar surface area (TPSA) is 130 Å². The van der Waals surface area contributed by atoms with Gasteiger partial charge >= 0.3 is 11.9 Å². The molecular formula is C14H18N2O5. The lowest BCUT2D eigenvalue weighted by atomic mass is 10.1. The Morgan fingerprint density at radius 1 is 1.24 bits per heavy atom. The molecule has 1 aromatic rings. The number of rotatable bonds is 8. The molecule has 1 rings (SSSR count). The number of carboxylic acid groups (broad SMARTS) is 2. The number of nitrogens with one attached hydrogen (secondary N) is 1. The zero-order valence-electron chi connectivity index (χ0n) is 11.4. The van der Waals surface area contributed by atoms with Crippen molar-refractivity contribution in [3.63, 3.8) is 0 Å². The van der Waals surface area contributed by atoms with Gasteiger partial charge in [-0.3, -0.25) is 9.59 Å². The molecule has 0 saturated heterocycles. The van der Waals surface area contributed by atoms with E-state index in [2.05, 4.69) is 5.32 Å². The zero-order valence-corrected chi connectivity index (χ0v) is 11.4. The molecule has 21 heavy (non-hydrogen) atoms. The third-order valence-corrected chi connectivity index (χ3v) is 2.89. The van der Waals surface area contributed by atoms with Crippen molar-refractivity contribution >= 4 is 17.8 Å². The van der Waals surface area contributed by atoms with Gasteiger partial charge in [0.15, 0.2) is 0 Å². The first kappa shape index (κ1) is 16.6. The summed E-state index contributed by atoms with van der Waals surface area (Å²) in [6.07, 6.45) is 0.392. The number of aromatic carboxylic acids is 1. The Hall–Kier alpha value is -2.41. The van der Waals surface area contributed by atoms with Crippen molar-refractivity contribution in [2.45, 2.75) is 25.3 Å². The summed E-state index contributed by atoms with van der Waals surface area (Å²) >= 11 is 0. The Bertz CT molecular complexity index is 530. The van der Waals surface area contributed by atoms with Crippen LogP contribution in [-0.2, 0) is 16.0 Å². The number of aliphatic carboxylic acids is 1. The van der Waals surface area contributed by atoms with Gasteiger partial charge in [0.1, 0.15) is 0 Å². The first-order valence-electron chi connectivity index (χ1n) is 6.47. The third-order valence-electron chi connectivity index (χ3n) is 2.89. The van der Waals surface area contributed by atoms with Crippen molar-refractivity contribution in [3.05, 3.63) is 35.4 Å². The van der Waals surface area contributed by atoms with E-state index in [9.17, 15) is 14.4 Å². The lowest BCUT2D eigenvalue weighted by molar-refractivity contribution is -0.137. The Morgan fingerprint density at radius 3 is 2.57 bits per heavy atom. The highest BCUT2D eigenvalue weighted by molar-refractivity contribution is 5.87. The maximum atomic E-state index is 11.6. The summed E-state index contributed by atoms with van der Waals surface area (Å²) in [5.41, 5.74) is 6.53. The quantitative estimate of drug-likeness (QED) is 0.543. The second-order valence-electron chi connectivity index (χ2n) is 4.59. The first-order valence-corrected chi connectivity index (χ1v) is 6.47. The summed E-state index contributed by atoms with van der Waals surface area (Å²) in [7, 11) is 0. The largest absolute Gasteiger partial charge is 0.481 e. The highest BCUT2D eigenvalue weighted by Crippen LogP contribution is 2.05. The second kappa shape index (κ2) is 8.01. The van der Waals surface area contributed by atoms with Crippen molar-refractivity contribution in [2.75, 3.05) is 6.54 Å². The maximum Gasteiger partial charge on any atom is 0.335 e. The predicted octanol–water partition coefficient (Wildman–Crippen LogP) is 0.236. The average molecular weight is 294 g/mol. The maximum absolute atomic E-state index is 11.6. The summed E-state index contributed by atoms with van der Waals surface area (Å²) in [4.78, 5) is 32.8. The molecule has 0 saturated carbocycles. The number of carbonyl (C=O) groups is 3. The molecule has 1 amide bonds. The number of carbonyl (C=O) groups excluding carboxylic acids is 1. The molecule has 0 heterocycles. The summed E-state index contributed by atoms with van der Waals surface area (Å²) in [5.74, 6) is -2.41. The fourth-order valence-electron chi connectivity index (χ4n) is 1.73. The van der Waals surface area contributed by atoms with Gasteiger partial charge in [0.25, 0.3) is 0 Å². The van der Waals surface area contributed by atoms with E-state index < -0.39 is 23.9 Å². The van der Waals surface area contributed by atoms with Crippen molar-refractivity contribution in [3.8, 4) is 0 Å². The SMILES string of the molecule is NC(CCC(=O)O)C(=O)NCCc1cccc(C(=O)O)c1. The molecule has 0 bridgehead atoms. The lowest BCUT2D eigenvalue weighted by Gasteiger charge is -2.11. The molecule has 0 spiro atoms. The standard InChI is InChI=1S/C14H18N2O5/c15-11(4-5-12(17)18)13(19)16-7-6-9-2-1-3-10(8-9)14(20)21/h1-3,8,11H,4-7,15H2,(H,16,19)(H,17,18)(H,20,21). The minimum atomic E-state index is -1.00. The van der Waals surface area contributed by atoms with Crippen LogP contribution in [0.3, 0.4) is 0 Å². The van der Waals surface area contributed by atoms with Crippen molar-refractivity contribution in [1.82, 2.24) is 5.32 Å². The van der Waals surface area contributed by atoms with Crippen LogP contribution >= 0.6 is 0 Å². The molecule has 0 aliphatic carbocycles. The van der Waals surface area contributed by atoms with Crippen LogP contribution in [0.15, 0.2) is 24.3 Å². The van der Waals surface area contributed by atoms with Crippen LogP contribution in [-0.4, -0.2) is 40.6 Å². The van der Waals surface area contributed by atoms with Gasteiger partial charge in [-0.25, -0.2) is 4.79 Å². The molecule has 7 heteroatoms. The molecule has 1 unspecified atom stereocenters. The van der Waals surface area contributed by atoms with Gasteiger partial charge in [-0.1, -0.05) is 12.1 Å². The van der Waals surface area contributed by atoms with Crippen LogP contribution in [0, 0.1) is 0 Å². The zero-order chi connectivity index (χ0) is 15.8. The van der Waals surface area contributed by atoms with Crippen LogP contribution in [0.2, 0.25) is 0 Å². The molecule has 1 atom stereocenters. The average Bonchev–Trinajstić information content (AvgIpc) is 2.44. The van der Waals surface area contributed by atoms with Crippen molar-refractivity contribution in [1.29, 1.82) is 0 Å². The molecule has 0 radical (unpaired) electrons. The molecule has 0 fully saturated rings. The van der Waals surface area contributed by atoms with Gasteiger partial charge in [0, 0.05) is 13.0 Å². The normalized spacial score (nSPS) is 11.7. The van der Waals surface area contributed by atoms with E-state index in [1.165, 1.54) is 6.07 Å². The van der Waals surface area contributed by atoms with Gasteiger partial charge in [0.05, 0.1) is 11.6 Å². The van der Waals surface area contributed by atoms with E-state index in [0.29, 0.717) is 13.0 Å². The van der Waals surface area contributed by atoms with Crippen LogP contribution < -0.4 is 11.1 Å². The monoisotopic (exact) mass is 294 g/mol. The minimum absolute atomic E-state index is 0.0790. The summed E-state index contributed by atoms with van der Waals surface area (Å²) in [6.45, 7) is 0.308. The van der Waals surface area contributed by atoms with Crippen molar-refractivity contribution in [2.24, 2.45) is 5.73 Å². The highest BCUT2D eigenvalue weighted by Gasteiger charge is 2.14. The Kier molecular flexibility index (Phi) is 6.35. The fourth-order valence-corrected chi connectivity index (χ4v) is 1.73. The van der Waals surface area contributed by atoms with E-state index in [-0.39, 0.29) is 18.4 Å². The Morgan fingerprint density at radius 2 is 1.95 bits per heavy atom. The van der Waals surface area contributed by atoms with Gasteiger partial charge < -0.3 is 21.3 Å². The minimum Gasteiger partial charge on any atom is -0.481 e. The predicted molar refractivity (Wildman–Crippen MR) is 75.0 cm³/mol. The molecule has 114 valence electrons. The van der Waals surface area contributed by atoms with Crippen molar-refractivity contribution < 1.29 is 24.6 Å². The Labute approximate surface area is 121 Å². The van der Waals surface area contributed by atoms with E-state index >= 15 is 0 Å². The number of carboxylic acids is 2. The first-order chi connectivity index (χ1) is 9.90. The molecule has 0 aliphatic rings. The van der Waals surface area contributed by atoms with Crippen LogP contribution in [0.25, 0.3) is 0 Å². The van der Waals surface area contributed by atoms with Crippen LogP contribution in [0.5, 0.6) is 0 Å². The van der Waals surface area contributed by atoms with E-state index in [0.717, 1.165) is 5.56 Å². The van der Waals surface area contributed by atoms with E-state index in [1.54, 1.807) is 18.2 Å². The van der Waals surface area contributed by atoms with Gasteiger partial charge in [0.2, 0.25) is 5.91 Å². The molecule has 0 aromatic heterocycles. The van der Waals surface area contributed by atoms with Gasteiger partial charge in [-0.15, -0.1) is 0 Å². The summed E-state index contributed by atoms with van der Waals surface area (Å²) < 4.78 is 0. The number of amides is 1. The Balaban J connectivity index is 2.39. The number of hydrogen-bond donors (Lipinski definition) is 4. The molecule has 5 N–H and O–H groups in total. The highest BCUT2D eigenvalue weighted by atomic mass is 16.4. The van der Waals surface area contributed by atoms with Crippen LogP contribution in [0.4, 0.5) is 0 Å². The number of hydrogen-bond acceptors (Lipinski definition) is 4. The summed E-state index contributed by atoms with van der Waals surface area (Å²) in [5, 5.41) is 20.0. The van der Waals surface area contributed by atoms with Gasteiger partial charge in [-0.2, -0.15) is 0 Å². The molecule has 0 aliphatic heterocycles. The lowest BCUT2D eigenvalue weighted by Crippen LogP contribution is -2.41. The third kappa shape index (κ3) is 6.05. The second-order valence-corrected chi connectivity index (χ2v) is 4.59. The van der Waals surface area contributed by atoms with Gasteiger partial charge in [-0.05, 0) is 30.5 Å². The van der Waals surface area contributed by atoms with E-state index in [4.69, 9.17) is 15.9 Å². The molecular weight excluding hydrogens is 276 g/mol. The number of benzene rings is 1.